The quantitative estimate of drug-likeness (QED) is 0.727. The number of hydrogen-bond donors (Lipinski definition) is 1. The van der Waals surface area contributed by atoms with Crippen molar-refractivity contribution in [3.63, 3.8) is 0 Å². The smallest absolute Gasteiger partial charge is 0.151 e. The molecule has 0 radical (unpaired) electrons. The van der Waals surface area contributed by atoms with Crippen molar-refractivity contribution in [2.45, 2.75) is 12.2 Å². The Morgan fingerprint density at radius 3 is 2.58 bits per heavy atom. The van der Waals surface area contributed by atoms with Crippen LogP contribution in [0.25, 0.3) is 0 Å². The van der Waals surface area contributed by atoms with Crippen molar-refractivity contribution in [2.24, 2.45) is 0 Å². The zero-order chi connectivity index (χ0) is 8.81. The average molecular weight is 187 g/mol. The van der Waals surface area contributed by atoms with Crippen molar-refractivity contribution in [1.82, 2.24) is 0 Å². The molecular formula is C9H11ClO2. The molecule has 0 amide bonds. The van der Waals surface area contributed by atoms with Crippen molar-refractivity contribution < 1.29 is 9.84 Å². The number of benzene rings is 1. The topological polar surface area (TPSA) is 29.5 Å². The van der Waals surface area contributed by atoms with Gasteiger partial charge in [-0.3, -0.25) is 0 Å². The van der Waals surface area contributed by atoms with Gasteiger partial charge in [0, 0.05) is 0 Å². The first-order chi connectivity index (χ1) is 5.79. The number of halogens is 1. The molecule has 1 rings (SSSR count). The van der Waals surface area contributed by atoms with Crippen LogP contribution in [0.3, 0.4) is 0 Å². The van der Waals surface area contributed by atoms with Gasteiger partial charge in [0.2, 0.25) is 0 Å². The Bertz CT molecular complexity index is 211. The molecule has 0 aliphatic rings. The second-order valence-electron chi connectivity index (χ2n) is 2.44. The lowest BCUT2D eigenvalue weighted by Gasteiger charge is -2.04. The first-order valence-electron chi connectivity index (χ1n) is 3.73. The van der Waals surface area contributed by atoms with Gasteiger partial charge in [-0.25, -0.2) is 0 Å². The van der Waals surface area contributed by atoms with E-state index >= 15 is 0 Å². The van der Waals surface area contributed by atoms with E-state index in [-0.39, 0.29) is 6.61 Å². The van der Waals surface area contributed by atoms with Crippen LogP contribution in [0.15, 0.2) is 30.3 Å². The predicted octanol–water partition coefficient (Wildman–Crippen LogP) is 1.76. The van der Waals surface area contributed by atoms with E-state index in [1.165, 1.54) is 0 Å². The number of hydrogen-bond acceptors (Lipinski definition) is 2. The number of alkyl halides is 1. The summed E-state index contributed by atoms with van der Waals surface area (Å²) >= 11 is 5.27. The van der Waals surface area contributed by atoms with Crippen molar-refractivity contribution in [1.29, 1.82) is 0 Å². The molecule has 0 aliphatic carbocycles. The lowest BCUT2D eigenvalue weighted by Crippen LogP contribution is -2.07. The summed E-state index contributed by atoms with van der Waals surface area (Å²) in [5, 5.41) is 8.67. The summed E-state index contributed by atoms with van der Waals surface area (Å²) in [7, 11) is 0. The molecule has 0 heterocycles. The molecule has 0 bridgehead atoms. The summed E-state index contributed by atoms with van der Waals surface area (Å²) in [4.78, 5) is 0. The van der Waals surface area contributed by atoms with Gasteiger partial charge in [-0.1, -0.05) is 41.9 Å². The van der Waals surface area contributed by atoms with E-state index in [1.807, 2.05) is 30.3 Å². The maximum Gasteiger partial charge on any atom is 0.151 e. The van der Waals surface area contributed by atoms with Crippen molar-refractivity contribution >= 4 is 11.6 Å². The minimum atomic E-state index is -0.909. The van der Waals surface area contributed by atoms with Crippen LogP contribution in [0.4, 0.5) is 0 Å². The Hall–Kier alpha value is -0.570. The highest BCUT2D eigenvalue weighted by Crippen LogP contribution is 2.01. The molecule has 1 aromatic rings. The second kappa shape index (κ2) is 5.14. The number of aliphatic hydroxyl groups excluding tert-OH is 1. The standard InChI is InChI=1S/C9H11ClO2/c10-9(11)7-12-6-8-4-2-1-3-5-8/h1-5,9,11H,6-7H2. The van der Waals surface area contributed by atoms with E-state index in [0.29, 0.717) is 6.61 Å². The third-order valence-corrected chi connectivity index (χ3v) is 1.49. The van der Waals surface area contributed by atoms with Crippen LogP contribution in [0.5, 0.6) is 0 Å². The summed E-state index contributed by atoms with van der Waals surface area (Å²) < 4.78 is 5.10. The summed E-state index contributed by atoms with van der Waals surface area (Å²) in [6.45, 7) is 0.654. The lowest BCUT2D eigenvalue weighted by atomic mass is 10.2. The van der Waals surface area contributed by atoms with Gasteiger partial charge in [-0.15, -0.1) is 0 Å². The first kappa shape index (κ1) is 9.52. The van der Waals surface area contributed by atoms with E-state index in [0.717, 1.165) is 5.56 Å². The third kappa shape index (κ3) is 3.72. The summed E-state index contributed by atoms with van der Waals surface area (Å²) in [6.07, 6.45) is 0. The molecule has 1 unspecified atom stereocenters. The van der Waals surface area contributed by atoms with Crippen LogP contribution in [-0.4, -0.2) is 17.3 Å². The van der Waals surface area contributed by atoms with Crippen LogP contribution < -0.4 is 0 Å². The summed E-state index contributed by atoms with van der Waals surface area (Å²) in [6, 6.07) is 9.74. The molecule has 3 heteroatoms. The number of rotatable bonds is 4. The normalized spacial score (nSPS) is 12.8. The lowest BCUT2D eigenvalue weighted by molar-refractivity contribution is 0.0643. The first-order valence-corrected chi connectivity index (χ1v) is 4.16. The Kier molecular flexibility index (Phi) is 4.08. The summed E-state index contributed by atoms with van der Waals surface area (Å²) in [5.74, 6) is 0. The molecule has 0 aromatic heterocycles. The van der Waals surface area contributed by atoms with Gasteiger partial charge in [0.05, 0.1) is 13.2 Å². The highest BCUT2D eigenvalue weighted by Gasteiger charge is 1.97. The molecule has 12 heavy (non-hydrogen) atoms. The third-order valence-electron chi connectivity index (χ3n) is 1.37. The van der Waals surface area contributed by atoms with Crippen LogP contribution in [0.1, 0.15) is 5.56 Å². The van der Waals surface area contributed by atoms with Crippen LogP contribution in [-0.2, 0) is 11.3 Å². The van der Waals surface area contributed by atoms with Gasteiger partial charge in [-0.2, -0.15) is 0 Å². The fourth-order valence-electron chi connectivity index (χ4n) is 0.848. The second-order valence-corrected chi connectivity index (χ2v) is 2.94. The number of ether oxygens (including phenoxy) is 1. The van der Waals surface area contributed by atoms with Crippen molar-refractivity contribution in [3.05, 3.63) is 35.9 Å². The SMILES string of the molecule is OC(Cl)COCc1ccccc1. The molecule has 0 saturated carbocycles. The Labute approximate surface area is 76.7 Å². The van der Waals surface area contributed by atoms with E-state index < -0.39 is 5.56 Å². The largest absolute Gasteiger partial charge is 0.375 e. The minimum absolute atomic E-state index is 0.163. The maximum atomic E-state index is 8.67. The average Bonchev–Trinajstić information content (AvgIpc) is 2.05. The van der Waals surface area contributed by atoms with Gasteiger partial charge in [0.1, 0.15) is 0 Å². The van der Waals surface area contributed by atoms with Crippen LogP contribution >= 0.6 is 11.6 Å². The minimum Gasteiger partial charge on any atom is -0.375 e. The van der Waals surface area contributed by atoms with Crippen molar-refractivity contribution in [2.75, 3.05) is 6.61 Å². The highest BCUT2D eigenvalue weighted by atomic mass is 35.5. The van der Waals surface area contributed by atoms with E-state index in [2.05, 4.69) is 0 Å². The molecule has 66 valence electrons. The van der Waals surface area contributed by atoms with Crippen LogP contribution in [0, 0.1) is 0 Å². The fraction of sp³-hybridized carbons (Fsp3) is 0.333. The van der Waals surface area contributed by atoms with Crippen molar-refractivity contribution in [3.8, 4) is 0 Å². The van der Waals surface area contributed by atoms with Gasteiger partial charge in [0.25, 0.3) is 0 Å². The molecular weight excluding hydrogens is 176 g/mol. The molecule has 1 atom stereocenters. The van der Waals surface area contributed by atoms with Gasteiger partial charge in [0.15, 0.2) is 5.56 Å². The zero-order valence-corrected chi connectivity index (χ0v) is 7.37. The van der Waals surface area contributed by atoms with E-state index in [1.54, 1.807) is 0 Å². The number of aliphatic hydroxyl groups is 1. The van der Waals surface area contributed by atoms with E-state index in [9.17, 15) is 0 Å². The summed E-state index contributed by atoms with van der Waals surface area (Å²) in [5.41, 5.74) is 0.170. The Balaban J connectivity index is 2.25. The molecule has 1 N–H and O–H groups in total. The molecule has 1 aromatic carbocycles. The van der Waals surface area contributed by atoms with E-state index in [4.69, 9.17) is 21.4 Å². The molecule has 2 nitrogen and oxygen atoms in total. The molecule has 0 spiro atoms. The molecule has 0 fully saturated rings. The maximum absolute atomic E-state index is 8.67. The predicted molar refractivity (Wildman–Crippen MR) is 48.0 cm³/mol. The Morgan fingerprint density at radius 1 is 1.33 bits per heavy atom. The molecule has 0 aliphatic heterocycles. The Morgan fingerprint density at radius 2 is 2.00 bits per heavy atom. The van der Waals surface area contributed by atoms with Gasteiger partial charge >= 0.3 is 0 Å². The van der Waals surface area contributed by atoms with Gasteiger partial charge < -0.3 is 9.84 Å². The molecule has 0 saturated heterocycles. The highest BCUT2D eigenvalue weighted by molar-refractivity contribution is 6.19. The van der Waals surface area contributed by atoms with Gasteiger partial charge in [-0.05, 0) is 5.56 Å². The fourth-order valence-corrected chi connectivity index (χ4v) is 0.937. The monoisotopic (exact) mass is 186 g/mol. The van der Waals surface area contributed by atoms with Crippen LogP contribution in [0.2, 0.25) is 0 Å². The zero-order valence-electron chi connectivity index (χ0n) is 6.61.